The van der Waals surface area contributed by atoms with Crippen LogP contribution >= 0.6 is 12.2 Å². The van der Waals surface area contributed by atoms with Crippen LogP contribution in [0.5, 0.6) is 0 Å². The Morgan fingerprint density at radius 3 is 2.60 bits per heavy atom. The van der Waals surface area contributed by atoms with Crippen LogP contribution in [0.15, 0.2) is 30.3 Å². The Kier molecular flexibility index (Phi) is 5.65. The SMILES string of the molecule is CCn1c(-c2ccccc2)nn(C[NH+]2CCC(C(=O)OC)CC2)c1=S. The summed E-state index contributed by atoms with van der Waals surface area (Å²) in [6.07, 6.45) is 1.71. The molecule has 0 aliphatic carbocycles. The number of ether oxygens (including phenoxy) is 1. The van der Waals surface area contributed by atoms with E-state index in [2.05, 4.69) is 23.6 Å². The zero-order valence-corrected chi connectivity index (χ0v) is 15.6. The highest BCUT2D eigenvalue weighted by Gasteiger charge is 2.28. The summed E-state index contributed by atoms with van der Waals surface area (Å²) in [5.74, 6) is 0.865. The van der Waals surface area contributed by atoms with E-state index in [0.29, 0.717) is 0 Å². The number of aromatic nitrogens is 3. The van der Waals surface area contributed by atoms with Crippen molar-refractivity contribution in [2.45, 2.75) is 33.0 Å². The Bertz CT molecular complexity index is 776. The molecule has 0 spiro atoms. The van der Waals surface area contributed by atoms with Gasteiger partial charge in [-0.25, -0.2) is 0 Å². The van der Waals surface area contributed by atoms with Crippen LogP contribution in [-0.4, -0.2) is 40.5 Å². The van der Waals surface area contributed by atoms with Gasteiger partial charge >= 0.3 is 5.97 Å². The Balaban J connectivity index is 1.75. The predicted octanol–water partition coefficient (Wildman–Crippen LogP) is 1.53. The molecule has 1 fully saturated rings. The van der Waals surface area contributed by atoms with E-state index >= 15 is 0 Å². The fourth-order valence-electron chi connectivity index (χ4n) is 3.43. The van der Waals surface area contributed by atoms with Gasteiger partial charge in [-0.05, 0) is 19.1 Å². The summed E-state index contributed by atoms with van der Waals surface area (Å²) in [5, 5.41) is 4.78. The van der Waals surface area contributed by atoms with Gasteiger partial charge < -0.3 is 14.2 Å². The number of nitrogens with one attached hydrogen (secondary N) is 1. The minimum absolute atomic E-state index is 0.0369. The van der Waals surface area contributed by atoms with Gasteiger partial charge in [-0.15, -0.1) is 5.10 Å². The Hall–Kier alpha value is -1.99. The third kappa shape index (κ3) is 3.82. The molecular formula is C18H25N4O2S+. The lowest BCUT2D eigenvalue weighted by atomic mass is 9.97. The molecule has 2 heterocycles. The smallest absolute Gasteiger partial charge is 0.309 e. The highest BCUT2D eigenvalue weighted by atomic mass is 32.1. The first-order chi connectivity index (χ1) is 12.1. The Morgan fingerprint density at radius 2 is 2.00 bits per heavy atom. The van der Waals surface area contributed by atoms with Crippen molar-refractivity contribution in [2.75, 3.05) is 20.2 Å². The normalized spacial score (nSPS) is 20.4. The van der Waals surface area contributed by atoms with E-state index in [-0.39, 0.29) is 11.9 Å². The second-order valence-electron chi connectivity index (χ2n) is 6.42. The summed E-state index contributed by atoms with van der Waals surface area (Å²) in [6.45, 7) is 5.48. The van der Waals surface area contributed by atoms with E-state index in [1.807, 2.05) is 22.9 Å². The lowest BCUT2D eigenvalue weighted by Crippen LogP contribution is -3.12. The molecular weight excluding hydrogens is 336 g/mol. The Morgan fingerprint density at radius 1 is 1.32 bits per heavy atom. The van der Waals surface area contributed by atoms with E-state index in [0.717, 1.165) is 55.3 Å². The van der Waals surface area contributed by atoms with Gasteiger partial charge in [-0.1, -0.05) is 30.3 Å². The fourth-order valence-corrected chi connectivity index (χ4v) is 3.75. The van der Waals surface area contributed by atoms with Crippen molar-refractivity contribution in [3.63, 3.8) is 0 Å². The summed E-state index contributed by atoms with van der Waals surface area (Å²) in [4.78, 5) is 13.1. The second kappa shape index (κ2) is 7.93. The summed E-state index contributed by atoms with van der Waals surface area (Å²) in [7, 11) is 1.46. The highest BCUT2D eigenvalue weighted by Crippen LogP contribution is 2.17. The number of nitrogens with zero attached hydrogens (tertiary/aromatic N) is 3. The maximum Gasteiger partial charge on any atom is 0.309 e. The first-order valence-corrected chi connectivity index (χ1v) is 9.19. The number of likely N-dealkylation sites (tertiary alicyclic amines) is 1. The van der Waals surface area contributed by atoms with Crippen LogP contribution in [0.1, 0.15) is 19.8 Å². The molecule has 6 nitrogen and oxygen atoms in total. The molecule has 3 rings (SSSR count). The van der Waals surface area contributed by atoms with Crippen LogP contribution < -0.4 is 4.90 Å². The molecule has 2 aromatic rings. The lowest BCUT2D eigenvalue weighted by Gasteiger charge is -2.27. The molecule has 1 aliphatic heterocycles. The highest BCUT2D eigenvalue weighted by molar-refractivity contribution is 7.71. The van der Waals surface area contributed by atoms with Gasteiger partial charge in [-0.3, -0.25) is 4.79 Å². The zero-order valence-electron chi connectivity index (χ0n) is 14.8. The molecule has 0 saturated carbocycles. The minimum atomic E-state index is -0.0858. The number of piperidine rings is 1. The molecule has 7 heteroatoms. The van der Waals surface area contributed by atoms with Gasteiger partial charge in [-0.2, -0.15) is 4.68 Å². The van der Waals surface area contributed by atoms with Gasteiger partial charge in [0.05, 0.1) is 26.1 Å². The van der Waals surface area contributed by atoms with E-state index in [9.17, 15) is 4.79 Å². The second-order valence-corrected chi connectivity index (χ2v) is 6.79. The Labute approximate surface area is 153 Å². The lowest BCUT2D eigenvalue weighted by molar-refractivity contribution is -0.929. The molecule has 0 unspecified atom stereocenters. The van der Waals surface area contributed by atoms with Crippen LogP contribution in [0.3, 0.4) is 0 Å². The van der Waals surface area contributed by atoms with Gasteiger partial charge in [0, 0.05) is 24.9 Å². The number of methoxy groups -OCH3 is 1. The molecule has 0 radical (unpaired) electrons. The third-order valence-electron chi connectivity index (χ3n) is 4.87. The largest absolute Gasteiger partial charge is 0.469 e. The average Bonchev–Trinajstić information content (AvgIpc) is 2.98. The summed E-state index contributed by atoms with van der Waals surface area (Å²) >= 11 is 5.64. The molecule has 0 amide bonds. The topological polar surface area (TPSA) is 53.5 Å². The number of hydrogen-bond donors (Lipinski definition) is 1. The van der Waals surface area contributed by atoms with E-state index in [1.165, 1.54) is 12.0 Å². The number of quaternary nitrogens is 1. The number of hydrogen-bond acceptors (Lipinski definition) is 4. The molecule has 1 saturated heterocycles. The number of carbonyl (C=O) groups is 1. The number of esters is 1. The molecule has 25 heavy (non-hydrogen) atoms. The number of benzene rings is 1. The minimum Gasteiger partial charge on any atom is -0.469 e. The molecule has 1 N–H and O–H groups in total. The fraction of sp³-hybridized carbons (Fsp3) is 0.500. The van der Waals surface area contributed by atoms with Crippen molar-refractivity contribution in [3.05, 3.63) is 35.1 Å². The van der Waals surface area contributed by atoms with Crippen molar-refractivity contribution in [2.24, 2.45) is 5.92 Å². The number of carbonyl (C=O) groups excluding carboxylic acids is 1. The molecule has 134 valence electrons. The zero-order chi connectivity index (χ0) is 17.8. The molecule has 1 aromatic carbocycles. The molecule has 0 bridgehead atoms. The predicted molar refractivity (Wildman–Crippen MR) is 97.6 cm³/mol. The van der Waals surface area contributed by atoms with Gasteiger partial charge in [0.25, 0.3) is 0 Å². The third-order valence-corrected chi connectivity index (χ3v) is 5.30. The van der Waals surface area contributed by atoms with Crippen molar-refractivity contribution >= 4 is 18.2 Å². The summed E-state index contributed by atoms with van der Waals surface area (Å²) < 4.78 is 9.61. The monoisotopic (exact) mass is 361 g/mol. The van der Waals surface area contributed by atoms with Crippen molar-refractivity contribution < 1.29 is 14.4 Å². The van der Waals surface area contributed by atoms with Gasteiger partial charge in [0.1, 0.15) is 0 Å². The quantitative estimate of drug-likeness (QED) is 0.648. The molecule has 1 aromatic heterocycles. The first kappa shape index (κ1) is 17.8. The van der Waals surface area contributed by atoms with Crippen molar-refractivity contribution in [1.29, 1.82) is 0 Å². The van der Waals surface area contributed by atoms with Crippen LogP contribution in [0.25, 0.3) is 11.4 Å². The summed E-state index contributed by atoms with van der Waals surface area (Å²) in [5.41, 5.74) is 1.08. The molecule has 1 aliphatic rings. The maximum atomic E-state index is 11.7. The van der Waals surface area contributed by atoms with Gasteiger partial charge in [0.15, 0.2) is 12.5 Å². The maximum absolute atomic E-state index is 11.7. The van der Waals surface area contributed by atoms with Crippen molar-refractivity contribution in [1.82, 2.24) is 14.3 Å². The van der Waals surface area contributed by atoms with Crippen molar-refractivity contribution in [3.8, 4) is 11.4 Å². The summed E-state index contributed by atoms with van der Waals surface area (Å²) in [6, 6.07) is 10.1. The van der Waals surface area contributed by atoms with Crippen LogP contribution in [0.4, 0.5) is 0 Å². The van der Waals surface area contributed by atoms with Gasteiger partial charge in [0.2, 0.25) is 4.77 Å². The van der Waals surface area contributed by atoms with Crippen LogP contribution in [0.2, 0.25) is 0 Å². The van der Waals surface area contributed by atoms with E-state index in [1.54, 1.807) is 0 Å². The van der Waals surface area contributed by atoms with E-state index in [4.69, 9.17) is 22.1 Å². The average molecular weight is 361 g/mol. The molecule has 0 atom stereocenters. The standard InChI is InChI=1S/C18H24N4O2S/c1-3-21-16(14-7-5-4-6-8-14)19-22(18(21)25)13-20-11-9-15(10-12-20)17(23)24-2/h4-8,15H,3,9-13H2,1-2H3/p+1. The van der Waals surface area contributed by atoms with E-state index < -0.39 is 0 Å². The van der Waals surface area contributed by atoms with Crippen LogP contribution in [0, 0.1) is 10.7 Å². The van der Waals surface area contributed by atoms with Crippen LogP contribution in [-0.2, 0) is 22.7 Å². The number of rotatable bonds is 5. The first-order valence-electron chi connectivity index (χ1n) is 8.78.